The van der Waals surface area contributed by atoms with Gasteiger partial charge >= 0.3 is 14.5 Å². The van der Waals surface area contributed by atoms with Gasteiger partial charge in [-0.25, -0.2) is 24.5 Å². The Kier molecular flexibility index (Phi) is 7.35. The molecule has 25 heteroatoms. The molecule has 9 rings (SSSR count). The molecule has 3 fully saturated rings. The molecule has 12 atom stereocenters. The van der Waals surface area contributed by atoms with Crippen LogP contribution in [-0.2, 0) is 48.7 Å². The van der Waals surface area contributed by atoms with Crippen molar-refractivity contribution >= 4 is 61.2 Å². The number of imidazole rings is 2. The molecule has 0 aliphatic carbocycles. The third kappa shape index (κ3) is 5.16. The van der Waals surface area contributed by atoms with Crippen molar-refractivity contribution in [3.8, 4) is 0 Å². The van der Waals surface area contributed by atoms with Gasteiger partial charge in [0, 0.05) is 24.8 Å². The summed E-state index contributed by atoms with van der Waals surface area (Å²) in [5.41, 5.74) is 1.19. The maximum absolute atomic E-state index is 13.3. The molecule has 6 aliphatic heterocycles. The molecule has 5 N–H and O–H groups in total. The van der Waals surface area contributed by atoms with E-state index in [9.17, 15) is 29.4 Å². The number of aliphatic imine (C=N–C) groups is 2. The van der Waals surface area contributed by atoms with Crippen molar-refractivity contribution < 1.29 is 56.9 Å². The second-order valence-corrected chi connectivity index (χ2v) is 15.9. The Morgan fingerprint density at radius 1 is 0.939 bits per heavy atom. The largest absolute Gasteiger partial charge is 0.472 e. The number of hydrogen-bond donors (Lipinski definition) is 5. The summed E-state index contributed by atoms with van der Waals surface area (Å²) in [5, 5.41) is 25.7. The van der Waals surface area contributed by atoms with E-state index >= 15 is 0 Å². The van der Waals surface area contributed by atoms with Gasteiger partial charge in [-0.1, -0.05) is 0 Å². The fourth-order valence-corrected chi connectivity index (χ4v) is 8.92. The lowest BCUT2D eigenvalue weighted by Crippen LogP contribution is -2.55. The molecule has 260 valence electrons. The van der Waals surface area contributed by atoms with Gasteiger partial charge in [0.1, 0.15) is 48.8 Å². The van der Waals surface area contributed by atoms with Crippen molar-refractivity contribution in [2.75, 3.05) is 13.2 Å². The second-order valence-electron chi connectivity index (χ2n) is 11.7. The number of nitrogens with zero attached hydrogens (tertiary/aromatic N) is 9. The Balaban J connectivity index is 0.970. The number of amidine groups is 1. The minimum atomic E-state index is -4.99. The number of aromatic nitrogens is 5. The molecule has 6 aliphatic rings. The number of amides is 1. The number of aliphatic hydroxyl groups is 2. The number of phosphoric acid groups is 1. The Labute approximate surface area is 279 Å². The molecule has 5 unspecified atom stereocenters. The fourth-order valence-electron chi connectivity index (χ4n) is 6.51. The highest BCUT2D eigenvalue weighted by Gasteiger charge is 2.55. The average Bonchev–Trinajstić information content (AvgIpc) is 3.91. The van der Waals surface area contributed by atoms with E-state index in [1.54, 1.807) is 23.0 Å². The van der Waals surface area contributed by atoms with Gasteiger partial charge in [0.15, 0.2) is 35.3 Å². The predicted molar refractivity (Wildman–Crippen MR) is 163 cm³/mol. The van der Waals surface area contributed by atoms with Crippen LogP contribution in [0.2, 0.25) is 0 Å². The molecule has 22 nitrogen and oxygen atoms in total. The third-order valence-electron chi connectivity index (χ3n) is 8.77. The Morgan fingerprint density at radius 2 is 1.69 bits per heavy atom. The summed E-state index contributed by atoms with van der Waals surface area (Å²) in [6, 6.07) is -1.00. The van der Waals surface area contributed by atoms with E-state index in [-0.39, 0.29) is 11.7 Å². The van der Waals surface area contributed by atoms with Crippen LogP contribution in [0.4, 0.5) is 0 Å². The molecule has 49 heavy (non-hydrogen) atoms. The topological polar surface area (TPSA) is 262 Å². The van der Waals surface area contributed by atoms with Crippen LogP contribution in [0, 0.1) is 0 Å². The van der Waals surface area contributed by atoms with Crippen molar-refractivity contribution in [3.05, 3.63) is 37.4 Å². The summed E-state index contributed by atoms with van der Waals surface area (Å²) >= 11 is 5.27. The molecule has 0 radical (unpaired) electrons. The highest BCUT2D eigenvalue weighted by Crippen LogP contribution is 2.53. The zero-order valence-electron chi connectivity index (χ0n) is 24.6. The average molecular weight is 741 g/mol. The van der Waals surface area contributed by atoms with Crippen molar-refractivity contribution in [1.82, 2.24) is 39.0 Å². The molecule has 3 aromatic rings. The van der Waals surface area contributed by atoms with E-state index in [4.69, 9.17) is 39.4 Å². The lowest BCUT2D eigenvalue weighted by Gasteiger charge is -2.33. The summed E-state index contributed by atoms with van der Waals surface area (Å²) in [5.74, 6) is -0.194. The summed E-state index contributed by atoms with van der Waals surface area (Å²) in [7, 11) is -4.99. The number of nitrogens with one attached hydrogen (secondary N) is 1. The first kappa shape index (κ1) is 31.7. The van der Waals surface area contributed by atoms with Crippen LogP contribution in [0.3, 0.4) is 0 Å². The van der Waals surface area contributed by atoms with Crippen LogP contribution in [0.15, 0.2) is 47.4 Å². The van der Waals surface area contributed by atoms with Gasteiger partial charge in [-0.2, -0.15) is 0 Å². The van der Waals surface area contributed by atoms with Gasteiger partial charge in [-0.15, -0.1) is 0 Å². The molecule has 0 saturated carbocycles. The molecule has 9 heterocycles. The van der Waals surface area contributed by atoms with E-state index in [1.807, 2.05) is 0 Å². The fraction of sp³-hybridized carbons (Fsp3) is 0.500. The van der Waals surface area contributed by atoms with E-state index < -0.39 is 89.2 Å². The van der Waals surface area contributed by atoms with Crippen LogP contribution in [-0.4, -0.2) is 140 Å². The standard InChI is InChI=1S/C24H26N10O12P2S/c35-14-16-11(44-22(14)33-8-27-12-18-25-1-3-31(18)7-29-19(12)33)6-42-48(40,49)46-17-10(5-41-47(38,39)45-16)43-23(15(17)36)34-9-28-13-20(34)30-24-26-2-4-32(24)21(13)37/h1-4,7-11,13-17,22-24,26,35-36H,5-6H2,(H,38,39)(H,40,49)/t10?,11-,13?,14-,15-,16-,17-,22-,23-,24?,48?/m1/s1. The van der Waals surface area contributed by atoms with Crippen LogP contribution in [0.25, 0.3) is 16.8 Å². The molecule has 0 spiro atoms. The summed E-state index contributed by atoms with van der Waals surface area (Å²) in [4.78, 5) is 59.3. The second kappa shape index (κ2) is 11.4. The number of aliphatic hydroxyl groups excluding tert-OH is 2. The summed E-state index contributed by atoms with van der Waals surface area (Å²) < 4.78 is 50.4. The van der Waals surface area contributed by atoms with Crippen molar-refractivity contribution in [1.29, 1.82) is 0 Å². The Hall–Kier alpha value is -3.28. The maximum atomic E-state index is 13.3. The van der Waals surface area contributed by atoms with Crippen LogP contribution in [0.1, 0.15) is 6.23 Å². The van der Waals surface area contributed by atoms with Crippen LogP contribution >= 0.6 is 14.5 Å². The Morgan fingerprint density at radius 3 is 2.53 bits per heavy atom. The normalized spacial score (nSPS) is 42.0. The summed E-state index contributed by atoms with van der Waals surface area (Å²) in [6.07, 6.45) is -1.60. The minimum Gasteiger partial charge on any atom is -0.386 e. The monoisotopic (exact) mass is 740 g/mol. The van der Waals surface area contributed by atoms with Gasteiger partial charge in [0.25, 0.3) is 5.91 Å². The molecule has 1 amide bonds. The zero-order valence-corrected chi connectivity index (χ0v) is 27.2. The Bertz CT molecular complexity index is 2040. The molecular weight excluding hydrogens is 714 g/mol. The number of carbonyl (C=O) groups is 1. The maximum Gasteiger partial charge on any atom is 0.472 e. The number of hydrogen-bond acceptors (Lipinski definition) is 18. The van der Waals surface area contributed by atoms with Crippen molar-refractivity contribution in [2.24, 2.45) is 9.98 Å². The van der Waals surface area contributed by atoms with E-state index in [0.717, 1.165) is 0 Å². The minimum absolute atomic E-state index is 0.171. The highest BCUT2D eigenvalue weighted by atomic mass is 32.5. The first-order valence-corrected chi connectivity index (χ1v) is 18.8. The zero-order chi connectivity index (χ0) is 33.8. The number of phosphoric ester groups is 1. The molecule has 0 aromatic carbocycles. The van der Waals surface area contributed by atoms with E-state index in [1.165, 1.54) is 39.6 Å². The van der Waals surface area contributed by atoms with Gasteiger partial charge in [-0.05, 0) is 11.8 Å². The first-order valence-electron chi connectivity index (χ1n) is 14.7. The quantitative estimate of drug-likeness (QED) is 0.176. The number of ether oxygens (including phenoxy) is 2. The van der Waals surface area contributed by atoms with Gasteiger partial charge in [0.05, 0.1) is 25.9 Å². The highest BCUT2D eigenvalue weighted by molar-refractivity contribution is 8.07. The van der Waals surface area contributed by atoms with Crippen LogP contribution in [0.5, 0.6) is 0 Å². The smallest absolute Gasteiger partial charge is 0.386 e. The van der Waals surface area contributed by atoms with E-state index in [0.29, 0.717) is 16.8 Å². The molecule has 0 bridgehead atoms. The van der Waals surface area contributed by atoms with Gasteiger partial charge < -0.3 is 39.3 Å². The molecular formula is C24H26N10O12P2S. The lowest BCUT2D eigenvalue weighted by atomic mass is 10.1. The van der Waals surface area contributed by atoms with Crippen molar-refractivity contribution in [2.45, 2.75) is 61.4 Å². The lowest BCUT2D eigenvalue weighted by molar-refractivity contribution is -0.130. The van der Waals surface area contributed by atoms with Crippen molar-refractivity contribution in [3.63, 3.8) is 0 Å². The third-order valence-corrected chi connectivity index (χ3v) is 11.3. The summed E-state index contributed by atoms with van der Waals surface area (Å²) in [6.45, 7) is -5.50. The molecule has 3 saturated heterocycles. The first-order chi connectivity index (χ1) is 23.5. The number of rotatable bonds is 2. The van der Waals surface area contributed by atoms with E-state index in [2.05, 4.69) is 30.3 Å². The number of fused-ring (bicyclic) bond motifs is 7. The van der Waals surface area contributed by atoms with Crippen LogP contribution < -0.4 is 5.32 Å². The SMILES string of the molecule is O=C1C2N=CN([C@@H]3OC4COP(=O)(O)O[C@H]5[C@@H](O)[C@H](n6cnc7c6ncn6ccnc76)O[C@@H]5COP(O)(=S)O[C@H]4[C@H]3O)C2=NC2NC=CN12. The predicted octanol–water partition coefficient (Wildman–Crippen LogP) is -2.13. The van der Waals surface area contributed by atoms with Gasteiger partial charge in [0.2, 0.25) is 6.29 Å². The molecule has 3 aromatic heterocycles. The number of carbonyl (C=O) groups excluding carboxylic acids is 1. The van der Waals surface area contributed by atoms with Gasteiger partial charge in [-0.3, -0.25) is 42.1 Å².